The highest BCUT2D eigenvalue weighted by molar-refractivity contribution is 5.69. The summed E-state index contributed by atoms with van der Waals surface area (Å²) < 4.78 is 16.5. The maximum Gasteiger partial charge on any atom is 0.408 e. The topological polar surface area (TPSA) is 60.0 Å². The van der Waals surface area contributed by atoms with Crippen LogP contribution in [0.25, 0.3) is 0 Å². The number of ether oxygens (including phenoxy) is 3. The summed E-state index contributed by atoms with van der Waals surface area (Å²) in [7, 11) is 0. The highest BCUT2D eigenvalue weighted by atomic mass is 16.7. The molecule has 4 aliphatic rings. The number of nitrogens with one attached hydrogen (secondary N) is 1. The third-order valence-corrected chi connectivity index (χ3v) is 5.36. The van der Waals surface area contributed by atoms with Gasteiger partial charge >= 0.3 is 6.09 Å². The first-order valence-corrected chi connectivity index (χ1v) is 8.62. The minimum Gasteiger partial charge on any atom is -0.454 e. The van der Waals surface area contributed by atoms with Crippen LogP contribution in [-0.2, 0) is 10.3 Å². The van der Waals surface area contributed by atoms with Crippen molar-refractivity contribution in [3.8, 4) is 11.5 Å². The zero-order chi connectivity index (χ0) is 16.7. The number of carbonyl (C=O) groups excluding carboxylic acids is 1. The molecule has 130 valence electrons. The van der Waals surface area contributed by atoms with Crippen LogP contribution in [-0.4, -0.2) is 43.5 Å². The highest BCUT2D eigenvalue weighted by Crippen LogP contribution is 2.36. The maximum atomic E-state index is 12.4. The summed E-state index contributed by atoms with van der Waals surface area (Å²) in [4.78, 5) is 14.8. The summed E-state index contributed by atoms with van der Waals surface area (Å²) in [5.41, 5.74) is 0.407. The van der Waals surface area contributed by atoms with Crippen molar-refractivity contribution in [1.29, 1.82) is 0 Å². The Hall–Kier alpha value is -1.95. The van der Waals surface area contributed by atoms with Crippen LogP contribution in [0.5, 0.6) is 11.5 Å². The third kappa shape index (κ3) is 2.90. The number of rotatable bonds is 3. The molecule has 0 aliphatic carbocycles. The van der Waals surface area contributed by atoms with E-state index in [9.17, 15) is 4.79 Å². The minimum atomic E-state index is -0.550. The molecule has 1 aromatic rings. The Labute approximate surface area is 142 Å². The van der Waals surface area contributed by atoms with E-state index in [0.29, 0.717) is 11.7 Å². The van der Waals surface area contributed by atoms with E-state index in [1.165, 1.54) is 0 Å². The van der Waals surface area contributed by atoms with Crippen LogP contribution in [0.15, 0.2) is 18.2 Å². The van der Waals surface area contributed by atoms with Gasteiger partial charge in [-0.3, -0.25) is 4.90 Å². The van der Waals surface area contributed by atoms with Crippen molar-refractivity contribution in [1.82, 2.24) is 10.2 Å². The van der Waals surface area contributed by atoms with Gasteiger partial charge in [0.1, 0.15) is 6.10 Å². The van der Waals surface area contributed by atoms with Crippen LogP contribution >= 0.6 is 0 Å². The second kappa shape index (κ2) is 5.84. The molecule has 1 N–H and O–H groups in total. The number of carbonyl (C=O) groups is 1. The van der Waals surface area contributed by atoms with Gasteiger partial charge in [-0.25, -0.2) is 4.79 Å². The van der Waals surface area contributed by atoms with Gasteiger partial charge in [0.15, 0.2) is 11.5 Å². The Morgan fingerprint density at radius 2 is 2.00 bits per heavy atom. The zero-order valence-corrected chi connectivity index (χ0v) is 14.2. The van der Waals surface area contributed by atoms with E-state index in [1.54, 1.807) is 0 Å². The van der Waals surface area contributed by atoms with Gasteiger partial charge < -0.3 is 19.5 Å². The molecule has 24 heavy (non-hydrogen) atoms. The second-order valence-corrected chi connectivity index (χ2v) is 7.40. The first-order chi connectivity index (χ1) is 11.5. The summed E-state index contributed by atoms with van der Waals surface area (Å²) in [6.45, 7) is 7.30. The summed E-state index contributed by atoms with van der Waals surface area (Å²) in [5.74, 6) is 1.96. The van der Waals surface area contributed by atoms with E-state index in [4.69, 9.17) is 14.2 Å². The molecule has 6 nitrogen and oxygen atoms in total. The van der Waals surface area contributed by atoms with Gasteiger partial charge in [-0.1, -0.05) is 6.07 Å². The Bertz CT molecular complexity index is 638. The number of alkyl carbamates (subject to hydrolysis) is 1. The van der Waals surface area contributed by atoms with Crippen molar-refractivity contribution >= 4 is 6.09 Å². The Morgan fingerprint density at radius 3 is 2.71 bits per heavy atom. The van der Waals surface area contributed by atoms with Crippen molar-refractivity contribution in [2.45, 2.75) is 38.3 Å². The molecule has 4 heterocycles. The molecule has 3 fully saturated rings. The quantitative estimate of drug-likeness (QED) is 0.921. The molecule has 2 bridgehead atoms. The van der Waals surface area contributed by atoms with Crippen LogP contribution in [0.3, 0.4) is 0 Å². The van der Waals surface area contributed by atoms with Gasteiger partial charge in [0.25, 0.3) is 0 Å². The molecule has 0 saturated carbocycles. The molecule has 0 radical (unpaired) electrons. The molecule has 1 aromatic carbocycles. The van der Waals surface area contributed by atoms with Crippen LogP contribution < -0.4 is 14.8 Å². The van der Waals surface area contributed by atoms with Gasteiger partial charge in [0.05, 0.1) is 5.54 Å². The lowest BCUT2D eigenvalue weighted by molar-refractivity contribution is -0.0349. The third-order valence-electron chi connectivity index (χ3n) is 5.36. The molecular weight excluding hydrogens is 308 g/mol. The smallest absolute Gasteiger partial charge is 0.408 e. The molecule has 5 rings (SSSR count). The van der Waals surface area contributed by atoms with Crippen LogP contribution in [0.2, 0.25) is 0 Å². The number of hydrogen-bond donors (Lipinski definition) is 1. The maximum absolute atomic E-state index is 12.4. The summed E-state index contributed by atoms with van der Waals surface area (Å²) in [6.07, 6.45) is 1.92. The average molecular weight is 332 g/mol. The number of benzene rings is 1. The summed E-state index contributed by atoms with van der Waals surface area (Å²) in [6, 6.07) is 5.73. The zero-order valence-electron chi connectivity index (χ0n) is 14.2. The van der Waals surface area contributed by atoms with E-state index in [2.05, 4.69) is 10.2 Å². The fraction of sp³-hybridized carbons (Fsp3) is 0.611. The minimum absolute atomic E-state index is 0.0139. The monoisotopic (exact) mass is 332 g/mol. The molecular formula is C18H24N2O4. The Kier molecular flexibility index (Phi) is 3.79. The van der Waals surface area contributed by atoms with Gasteiger partial charge in [-0.2, -0.15) is 0 Å². The van der Waals surface area contributed by atoms with Gasteiger partial charge in [0.2, 0.25) is 6.79 Å². The predicted molar refractivity (Wildman–Crippen MR) is 88.2 cm³/mol. The lowest BCUT2D eigenvalue weighted by Gasteiger charge is -2.44. The normalized spacial score (nSPS) is 27.8. The van der Waals surface area contributed by atoms with E-state index < -0.39 is 5.54 Å². The molecule has 0 spiro atoms. The fourth-order valence-corrected chi connectivity index (χ4v) is 3.82. The van der Waals surface area contributed by atoms with E-state index in [0.717, 1.165) is 43.8 Å². The Morgan fingerprint density at radius 1 is 1.25 bits per heavy atom. The highest BCUT2D eigenvalue weighted by Gasteiger charge is 2.37. The van der Waals surface area contributed by atoms with Crippen molar-refractivity contribution < 1.29 is 19.0 Å². The van der Waals surface area contributed by atoms with Crippen molar-refractivity contribution in [2.24, 2.45) is 5.92 Å². The largest absolute Gasteiger partial charge is 0.454 e. The van der Waals surface area contributed by atoms with E-state index in [1.807, 2.05) is 32.0 Å². The van der Waals surface area contributed by atoms with Crippen LogP contribution in [0, 0.1) is 5.92 Å². The first kappa shape index (κ1) is 15.6. The lowest BCUT2D eigenvalue weighted by atomic mass is 9.86. The number of amides is 1. The summed E-state index contributed by atoms with van der Waals surface area (Å²) >= 11 is 0. The fourth-order valence-electron chi connectivity index (χ4n) is 3.82. The summed E-state index contributed by atoms with van der Waals surface area (Å²) in [5, 5.41) is 2.99. The average Bonchev–Trinajstić information content (AvgIpc) is 3.03. The number of nitrogens with zero attached hydrogens (tertiary/aromatic N) is 1. The second-order valence-electron chi connectivity index (χ2n) is 7.40. The first-order valence-electron chi connectivity index (χ1n) is 8.62. The molecule has 1 atom stereocenters. The van der Waals surface area contributed by atoms with Crippen molar-refractivity contribution in [3.63, 3.8) is 0 Å². The molecule has 4 aliphatic heterocycles. The molecule has 6 heteroatoms. The Balaban J connectivity index is 1.41. The van der Waals surface area contributed by atoms with Gasteiger partial charge in [0, 0.05) is 6.54 Å². The number of hydrogen-bond acceptors (Lipinski definition) is 5. The number of fused-ring (bicyclic) bond motifs is 4. The molecule has 1 unspecified atom stereocenters. The van der Waals surface area contributed by atoms with E-state index in [-0.39, 0.29) is 19.0 Å². The molecule has 1 amide bonds. The molecule has 3 saturated heterocycles. The van der Waals surface area contributed by atoms with E-state index >= 15 is 0 Å². The van der Waals surface area contributed by atoms with Crippen LogP contribution in [0.1, 0.15) is 32.3 Å². The lowest BCUT2D eigenvalue weighted by Crippen LogP contribution is -2.53. The standard InChI is InChI=1S/C18H24N2O4/c1-18(2,13-3-4-14-15(9-13)23-11-22-14)19-17(21)24-16-10-20-7-5-12(16)6-8-20/h3-4,9,12,16H,5-8,10-11H2,1-2H3,(H,19,21). The van der Waals surface area contributed by atoms with Crippen molar-refractivity contribution in [3.05, 3.63) is 23.8 Å². The van der Waals surface area contributed by atoms with Gasteiger partial charge in [-0.05, 0) is 63.4 Å². The SMILES string of the molecule is CC(C)(NC(=O)OC1CN2CCC1CC2)c1ccc2c(c1)OCO2. The molecule has 0 aromatic heterocycles. The van der Waals surface area contributed by atoms with Crippen LogP contribution in [0.4, 0.5) is 4.79 Å². The number of piperidine rings is 3. The van der Waals surface area contributed by atoms with Gasteiger partial charge in [-0.15, -0.1) is 0 Å². The predicted octanol–water partition coefficient (Wildman–Crippen LogP) is 2.47. The van der Waals surface area contributed by atoms with Crippen molar-refractivity contribution in [2.75, 3.05) is 26.4 Å².